The molecule has 1 aliphatic heterocycles. The van der Waals surface area contributed by atoms with Crippen molar-refractivity contribution in [2.75, 3.05) is 33.4 Å². The Labute approximate surface area is 159 Å². The first-order valence-corrected chi connectivity index (χ1v) is 9.59. The normalized spacial score (nSPS) is 15.9. The number of nitrogens with one attached hydrogen (secondary N) is 1. The highest BCUT2D eigenvalue weighted by Crippen LogP contribution is 2.23. The number of amides is 1. The van der Waals surface area contributed by atoms with E-state index in [1.54, 1.807) is 13.2 Å². The van der Waals surface area contributed by atoms with Crippen molar-refractivity contribution in [1.29, 1.82) is 0 Å². The third-order valence-electron chi connectivity index (χ3n) is 5.16. The first-order valence-electron chi connectivity index (χ1n) is 9.59. The molecule has 1 amide bonds. The standard InChI is InChI=1S/C21H28N2O4/c1-15-4-5-18-17(13-20(24)27-19(18)12-15)14-23-9-6-16(7-10-23)21(25)22-8-3-11-26-2/h4-5,12-13,16H,3,6-11,14H2,1-2H3,(H,22,25). The largest absolute Gasteiger partial charge is 0.423 e. The van der Waals surface area contributed by atoms with Gasteiger partial charge in [0.15, 0.2) is 0 Å². The summed E-state index contributed by atoms with van der Waals surface area (Å²) in [5, 5.41) is 3.98. The maximum absolute atomic E-state index is 12.3. The van der Waals surface area contributed by atoms with Crippen LogP contribution in [0.15, 0.2) is 33.5 Å². The van der Waals surface area contributed by atoms with Gasteiger partial charge >= 0.3 is 5.63 Å². The Morgan fingerprint density at radius 1 is 1.30 bits per heavy atom. The lowest BCUT2D eigenvalue weighted by Crippen LogP contribution is -2.40. The number of hydrogen-bond donors (Lipinski definition) is 1. The van der Waals surface area contributed by atoms with Crippen LogP contribution >= 0.6 is 0 Å². The van der Waals surface area contributed by atoms with E-state index in [0.29, 0.717) is 25.3 Å². The van der Waals surface area contributed by atoms with Crippen molar-refractivity contribution in [1.82, 2.24) is 10.2 Å². The Morgan fingerprint density at radius 3 is 2.81 bits per heavy atom. The molecular formula is C21H28N2O4. The second-order valence-corrected chi connectivity index (χ2v) is 7.28. The van der Waals surface area contributed by atoms with Crippen molar-refractivity contribution >= 4 is 16.9 Å². The number of likely N-dealkylation sites (tertiary alicyclic amines) is 1. The fraction of sp³-hybridized carbons (Fsp3) is 0.524. The molecule has 6 heteroatoms. The van der Waals surface area contributed by atoms with Gasteiger partial charge in [-0.05, 0) is 56.5 Å². The maximum atomic E-state index is 12.3. The number of methoxy groups -OCH3 is 1. The lowest BCUT2D eigenvalue weighted by Gasteiger charge is -2.31. The van der Waals surface area contributed by atoms with Crippen molar-refractivity contribution < 1.29 is 13.9 Å². The predicted octanol–water partition coefficient (Wildman–Crippen LogP) is 2.47. The third-order valence-corrected chi connectivity index (χ3v) is 5.16. The van der Waals surface area contributed by atoms with E-state index < -0.39 is 0 Å². The molecule has 1 fully saturated rings. The third kappa shape index (κ3) is 5.17. The quantitative estimate of drug-likeness (QED) is 0.597. The van der Waals surface area contributed by atoms with Crippen molar-refractivity contribution in [2.45, 2.75) is 32.7 Å². The summed E-state index contributed by atoms with van der Waals surface area (Å²) in [7, 11) is 1.67. The van der Waals surface area contributed by atoms with Crippen molar-refractivity contribution in [3.8, 4) is 0 Å². The van der Waals surface area contributed by atoms with Crippen LogP contribution in [-0.2, 0) is 16.1 Å². The second-order valence-electron chi connectivity index (χ2n) is 7.28. The fourth-order valence-corrected chi connectivity index (χ4v) is 3.63. The van der Waals surface area contributed by atoms with E-state index in [4.69, 9.17) is 9.15 Å². The van der Waals surface area contributed by atoms with Crippen LogP contribution in [0, 0.1) is 12.8 Å². The molecule has 1 saturated heterocycles. The smallest absolute Gasteiger partial charge is 0.336 e. The highest BCUT2D eigenvalue weighted by atomic mass is 16.5. The van der Waals surface area contributed by atoms with E-state index in [1.807, 2.05) is 25.1 Å². The lowest BCUT2D eigenvalue weighted by molar-refractivity contribution is -0.126. The Kier molecular flexibility index (Phi) is 6.63. The summed E-state index contributed by atoms with van der Waals surface area (Å²) in [5.74, 6) is 0.219. The first kappa shape index (κ1) is 19.6. The van der Waals surface area contributed by atoms with E-state index in [-0.39, 0.29) is 17.5 Å². The number of piperidine rings is 1. The Balaban J connectivity index is 1.57. The van der Waals surface area contributed by atoms with Crippen LogP contribution in [0.1, 0.15) is 30.4 Å². The summed E-state index contributed by atoms with van der Waals surface area (Å²) in [6, 6.07) is 7.54. The molecule has 0 unspecified atom stereocenters. The van der Waals surface area contributed by atoms with Gasteiger partial charge < -0.3 is 14.5 Å². The highest BCUT2D eigenvalue weighted by molar-refractivity contribution is 5.81. The summed E-state index contributed by atoms with van der Waals surface area (Å²) in [6.45, 7) is 5.72. The minimum atomic E-state index is -0.312. The molecule has 2 aromatic rings. The zero-order valence-corrected chi connectivity index (χ0v) is 16.1. The maximum Gasteiger partial charge on any atom is 0.336 e. The van der Waals surface area contributed by atoms with Gasteiger partial charge in [-0.1, -0.05) is 12.1 Å². The predicted molar refractivity (Wildman–Crippen MR) is 105 cm³/mol. The number of rotatable bonds is 7. The molecule has 0 atom stereocenters. The minimum Gasteiger partial charge on any atom is -0.423 e. The molecule has 0 spiro atoms. The van der Waals surface area contributed by atoms with Crippen LogP contribution < -0.4 is 10.9 Å². The first-order chi connectivity index (χ1) is 13.1. The van der Waals surface area contributed by atoms with E-state index in [0.717, 1.165) is 48.9 Å². The molecule has 0 saturated carbocycles. The highest BCUT2D eigenvalue weighted by Gasteiger charge is 2.25. The van der Waals surface area contributed by atoms with Gasteiger partial charge in [0.25, 0.3) is 0 Å². The van der Waals surface area contributed by atoms with Gasteiger partial charge in [0, 0.05) is 44.2 Å². The molecule has 2 heterocycles. The topological polar surface area (TPSA) is 71.8 Å². The number of aryl methyl sites for hydroxylation is 1. The lowest BCUT2D eigenvalue weighted by atomic mass is 9.95. The number of hydrogen-bond acceptors (Lipinski definition) is 5. The average Bonchev–Trinajstić information content (AvgIpc) is 2.65. The average molecular weight is 372 g/mol. The second kappa shape index (κ2) is 9.15. The van der Waals surface area contributed by atoms with Crippen LogP contribution in [0.4, 0.5) is 0 Å². The molecule has 1 aromatic heterocycles. The van der Waals surface area contributed by atoms with Gasteiger partial charge in [-0.15, -0.1) is 0 Å². The summed E-state index contributed by atoms with van der Waals surface area (Å²) < 4.78 is 10.3. The number of fused-ring (bicyclic) bond motifs is 1. The van der Waals surface area contributed by atoms with Crippen LogP contribution in [-0.4, -0.2) is 44.2 Å². The Hall–Kier alpha value is -2.18. The Morgan fingerprint density at radius 2 is 2.07 bits per heavy atom. The fourth-order valence-electron chi connectivity index (χ4n) is 3.63. The summed E-state index contributed by atoms with van der Waals surface area (Å²) in [6.07, 6.45) is 2.52. The molecule has 27 heavy (non-hydrogen) atoms. The minimum absolute atomic E-state index is 0.0732. The number of carbonyl (C=O) groups is 1. The van der Waals surface area contributed by atoms with Crippen LogP contribution in [0.3, 0.4) is 0 Å². The molecule has 1 aliphatic rings. The summed E-state index contributed by atoms with van der Waals surface area (Å²) >= 11 is 0. The molecule has 0 radical (unpaired) electrons. The van der Waals surface area contributed by atoms with Crippen LogP contribution in [0.2, 0.25) is 0 Å². The van der Waals surface area contributed by atoms with Gasteiger partial charge in [0.2, 0.25) is 5.91 Å². The van der Waals surface area contributed by atoms with Gasteiger partial charge in [-0.25, -0.2) is 4.79 Å². The number of ether oxygens (including phenoxy) is 1. The van der Waals surface area contributed by atoms with Crippen molar-refractivity contribution in [3.05, 3.63) is 45.8 Å². The molecule has 1 N–H and O–H groups in total. The zero-order valence-electron chi connectivity index (χ0n) is 16.1. The number of nitrogens with zero attached hydrogens (tertiary/aromatic N) is 1. The van der Waals surface area contributed by atoms with Crippen molar-refractivity contribution in [3.63, 3.8) is 0 Å². The van der Waals surface area contributed by atoms with Crippen molar-refractivity contribution in [2.24, 2.45) is 5.92 Å². The monoisotopic (exact) mass is 372 g/mol. The summed E-state index contributed by atoms with van der Waals surface area (Å²) in [4.78, 5) is 26.5. The van der Waals surface area contributed by atoms with E-state index in [9.17, 15) is 9.59 Å². The van der Waals surface area contributed by atoms with E-state index >= 15 is 0 Å². The van der Waals surface area contributed by atoms with Crippen LogP contribution in [0.25, 0.3) is 11.0 Å². The van der Waals surface area contributed by atoms with Gasteiger partial charge in [-0.3, -0.25) is 9.69 Å². The van der Waals surface area contributed by atoms with Crippen LogP contribution in [0.5, 0.6) is 0 Å². The molecule has 6 nitrogen and oxygen atoms in total. The van der Waals surface area contributed by atoms with Gasteiger partial charge in [-0.2, -0.15) is 0 Å². The SMILES string of the molecule is COCCCNC(=O)C1CCN(Cc2cc(=O)oc3cc(C)ccc23)CC1. The number of benzene rings is 1. The van der Waals surface area contributed by atoms with Gasteiger partial charge in [0.05, 0.1) is 0 Å². The molecule has 146 valence electrons. The molecular weight excluding hydrogens is 344 g/mol. The Bertz CT molecular complexity index is 838. The number of carbonyl (C=O) groups excluding carboxylic acids is 1. The molecule has 3 rings (SSSR count). The van der Waals surface area contributed by atoms with E-state index in [1.165, 1.54) is 0 Å². The molecule has 1 aromatic carbocycles. The summed E-state index contributed by atoms with van der Waals surface area (Å²) in [5.41, 5.74) is 2.39. The molecule has 0 bridgehead atoms. The molecule has 0 aliphatic carbocycles. The zero-order chi connectivity index (χ0) is 19.2. The van der Waals surface area contributed by atoms with Gasteiger partial charge in [0.1, 0.15) is 5.58 Å². The van der Waals surface area contributed by atoms with E-state index in [2.05, 4.69) is 10.2 Å².